The van der Waals surface area contributed by atoms with Gasteiger partial charge >= 0.3 is 0 Å². The maximum absolute atomic E-state index is 11.5. The van der Waals surface area contributed by atoms with Crippen LogP contribution in [-0.4, -0.2) is 37.7 Å². The second-order valence-electron chi connectivity index (χ2n) is 4.22. The Hall–Kier alpha value is -0.720. The third-order valence-corrected chi connectivity index (χ3v) is 4.13. The molecular formula is C10H14ClN3O2S. The van der Waals surface area contributed by atoms with E-state index in [-0.39, 0.29) is 17.4 Å². The van der Waals surface area contributed by atoms with Crippen LogP contribution in [0.25, 0.3) is 0 Å². The average molecular weight is 276 g/mol. The highest BCUT2D eigenvalue weighted by molar-refractivity contribution is 7.84. The molecule has 17 heavy (non-hydrogen) atoms. The molecule has 1 aromatic rings. The number of halogens is 1. The molecule has 0 amide bonds. The Morgan fingerprint density at radius 1 is 1.65 bits per heavy atom. The molecule has 1 unspecified atom stereocenters. The number of anilines is 1. The van der Waals surface area contributed by atoms with Gasteiger partial charge in [-0.25, -0.2) is 4.98 Å². The van der Waals surface area contributed by atoms with E-state index in [1.165, 1.54) is 6.20 Å². The minimum absolute atomic E-state index is 0.0322. The second kappa shape index (κ2) is 4.88. The Morgan fingerprint density at radius 3 is 2.82 bits per heavy atom. The van der Waals surface area contributed by atoms with E-state index in [0.29, 0.717) is 10.7 Å². The summed E-state index contributed by atoms with van der Waals surface area (Å²) < 4.78 is 11.5. The van der Waals surface area contributed by atoms with Crippen molar-refractivity contribution in [3.8, 4) is 0 Å². The van der Waals surface area contributed by atoms with Crippen LogP contribution < -0.4 is 5.32 Å². The van der Waals surface area contributed by atoms with E-state index in [2.05, 4.69) is 15.3 Å². The van der Waals surface area contributed by atoms with Crippen LogP contribution >= 0.6 is 11.6 Å². The lowest BCUT2D eigenvalue weighted by molar-refractivity contribution is 0.143. The zero-order chi connectivity index (χ0) is 12.5. The fourth-order valence-electron chi connectivity index (χ4n) is 1.83. The van der Waals surface area contributed by atoms with Crippen molar-refractivity contribution in [3.63, 3.8) is 0 Å². The minimum Gasteiger partial charge on any atom is -0.394 e. The summed E-state index contributed by atoms with van der Waals surface area (Å²) in [5.74, 6) is 0.458. The topological polar surface area (TPSA) is 75.1 Å². The van der Waals surface area contributed by atoms with Crippen molar-refractivity contribution >= 4 is 28.2 Å². The maximum Gasteiger partial charge on any atom is 0.224 e. The van der Waals surface area contributed by atoms with Gasteiger partial charge in [0.2, 0.25) is 5.28 Å². The van der Waals surface area contributed by atoms with Gasteiger partial charge in [0, 0.05) is 6.26 Å². The number of nitrogens with one attached hydrogen (secondary N) is 1. The molecule has 1 fully saturated rings. The largest absolute Gasteiger partial charge is 0.394 e. The van der Waals surface area contributed by atoms with E-state index < -0.39 is 10.8 Å². The van der Waals surface area contributed by atoms with Gasteiger partial charge in [-0.1, -0.05) is 0 Å². The van der Waals surface area contributed by atoms with Crippen LogP contribution in [0.1, 0.15) is 19.3 Å². The molecule has 1 aromatic heterocycles. The van der Waals surface area contributed by atoms with Gasteiger partial charge in [-0.05, 0) is 30.9 Å². The lowest BCUT2D eigenvalue weighted by Gasteiger charge is -2.41. The van der Waals surface area contributed by atoms with E-state index in [1.54, 1.807) is 6.26 Å². The Labute approximate surface area is 107 Å². The first kappa shape index (κ1) is 12.7. The summed E-state index contributed by atoms with van der Waals surface area (Å²) in [5.41, 5.74) is -0.341. The maximum atomic E-state index is 11.5. The van der Waals surface area contributed by atoms with Gasteiger partial charge in [0.1, 0.15) is 5.82 Å². The number of hydrogen-bond acceptors (Lipinski definition) is 5. The van der Waals surface area contributed by atoms with Gasteiger partial charge in [-0.3, -0.25) is 4.21 Å². The van der Waals surface area contributed by atoms with Crippen LogP contribution in [0.15, 0.2) is 11.1 Å². The number of hydrogen-bond donors (Lipinski definition) is 2. The SMILES string of the molecule is CS(=O)c1cnc(Cl)nc1NC1(CO)CCC1. The highest BCUT2D eigenvalue weighted by Crippen LogP contribution is 2.35. The standard InChI is InChI=1S/C10H14ClN3O2S/c1-17(16)7-5-12-9(11)13-8(7)14-10(6-15)3-2-4-10/h5,15H,2-4,6H2,1H3,(H,12,13,14). The van der Waals surface area contributed by atoms with Crippen LogP contribution in [0.4, 0.5) is 5.82 Å². The van der Waals surface area contributed by atoms with E-state index in [9.17, 15) is 9.32 Å². The normalized spacial score (nSPS) is 19.5. The molecule has 2 rings (SSSR count). The van der Waals surface area contributed by atoms with Gasteiger partial charge in [0.15, 0.2) is 0 Å². The molecule has 1 heterocycles. The molecule has 5 nitrogen and oxygen atoms in total. The number of nitrogens with zero attached hydrogens (tertiary/aromatic N) is 2. The van der Waals surface area contributed by atoms with E-state index in [0.717, 1.165) is 19.3 Å². The number of aromatic nitrogens is 2. The third-order valence-electron chi connectivity index (χ3n) is 3.03. The molecular weight excluding hydrogens is 262 g/mol. The predicted molar refractivity (Wildman–Crippen MR) is 66.7 cm³/mol. The van der Waals surface area contributed by atoms with Gasteiger partial charge in [-0.15, -0.1) is 0 Å². The molecule has 0 bridgehead atoms. The van der Waals surface area contributed by atoms with Crippen molar-refractivity contribution in [3.05, 3.63) is 11.5 Å². The minimum atomic E-state index is -1.19. The number of aliphatic hydroxyl groups is 1. The Balaban J connectivity index is 2.30. The van der Waals surface area contributed by atoms with Crippen molar-refractivity contribution in [1.29, 1.82) is 0 Å². The molecule has 2 N–H and O–H groups in total. The monoisotopic (exact) mass is 275 g/mol. The van der Waals surface area contributed by atoms with Crippen LogP contribution in [-0.2, 0) is 10.8 Å². The fraction of sp³-hybridized carbons (Fsp3) is 0.600. The van der Waals surface area contributed by atoms with Crippen molar-refractivity contribution in [1.82, 2.24) is 9.97 Å². The molecule has 1 atom stereocenters. The Kier molecular flexibility index (Phi) is 3.65. The summed E-state index contributed by atoms with van der Waals surface area (Å²) in [6.45, 7) is 0.0322. The predicted octanol–water partition coefficient (Wildman–Crippen LogP) is 1.19. The first-order valence-electron chi connectivity index (χ1n) is 5.31. The lowest BCUT2D eigenvalue weighted by atomic mass is 9.77. The molecule has 0 aromatic carbocycles. The third kappa shape index (κ3) is 2.59. The zero-order valence-electron chi connectivity index (χ0n) is 9.44. The summed E-state index contributed by atoms with van der Waals surface area (Å²) in [6.07, 6.45) is 5.83. The van der Waals surface area contributed by atoms with Crippen LogP contribution in [0, 0.1) is 0 Å². The summed E-state index contributed by atoms with van der Waals surface area (Å²) in [7, 11) is -1.19. The molecule has 0 aliphatic heterocycles. The average Bonchev–Trinajstić information content (AvgIpc) is 2.23. The highest BCUT2D eigenvalue weighted by atomic mass is 35.5. The fourth-order valence-corrected chi connectivity index (χ4v) is 2.53. The first-order chi connectivity index (χ1) is 8.06. The molecule has 0 spiro atoms. The summed E-state index contributed by atoms with van der Waals surface area (Å²) >= 11 is 5.73. The van der Waals surface area contributed by atoms with Gasteiger partial charge in [0.25, 0.3) is 0 Å². The van der Waals surface area contributed by atoms with Gasteiger partial charge < -0.3 is 10.4 Å². The summed E-state index contributed by atoms with van der Waals surface area (Å²) in [5, 5.41) is 12.6. The van der Waals surface area contributed by atoms with Crippen molar-refractivity contribution in [2.24, 2.45) is 0 Å². The van der Waals surface area contributed by atoms with Crippen molar-refractivity contribution < 1.29 is 9.32 Å². The van der Waals surface area contributed by atoms with Crippen LogP contribution in [0.3, 0.4) is 0 Å². The lowest BCUT2D eigenvalue weighted by Crippen LogP contribution is -2.48. The first-order valence-corrected chi connectivity index (χ1v) is 7.25. The Morgan fingerprint density at radius 2 is 2.35 bits per heavy atom. The smallest absolute Gasteiger partial charge is 0.224 e. The van der Waals surface area contributed by atoms with Crippen LogP contribution in [0.5, 0.6) is 0 Å². The summed E-state index contributed by atoms with van der Waals surface area (Å²) in [6, 6.07) is 0. The Bertz CT molecular complexity index is 446. The molecule has 1 aliphatic rings. The molecule has 94 valence electrons. The number of rotatable bonds is 4. The number of aliphatic hydroxyl groups excluding tert-OH is 1. The highest BCUT2D eigenvalue weighted by Gasteiger charge is 2.37. The zero-order valence-corrected chi connectivity index (χ0v) is 11.0. The molecule has 7 heteroatoms. The van der Waals surface area contributed by atoms with E-state index >= 15 is 0 Å². The summed E-state index contributed by atoms with van der Waals surface area (Å²) in [4.78, 5) is 8.38. The second-order valence-corrected chi connectivity index (χ2v) is 5.91. The van der Waals surface area contributed by atoms with E-state index in [1.807, 2.05) is 0 Å². The van der Waals surface area contributed by atoms with Crippen molar-refractivity contribution in [2.75, 3.05) is 18.2 Å². The van der Waals surface area contributed by atoms with E-state index in [4.69, 9.17) is 11.6 Å². The van der Waals surface area contributed by atoms with Gasteiger partial charge in [-0.2, -0.15) is 4.98 Å². The molecule has 1 aliphatic carbocycles. The molecule has 0 saturated heterocycles. The molecule has 1 saturated carbocycles. The quantitative estimate of drug-likeness (QED) is 0.808. The molecule has 0 radical (unpaired) electrons. The van der Waals surface area contributed by atoms with Gasteiger partial charge in [0.05, 0.1) is 34.0 Å². The van der Waals surface area contributed by atoms with Crippen LogP contribution in [0.2, 0.25) is 5.28 Å². The van der Waals surface area contributed by atoms with Crippen molar-refractivity contribution in [2.45, 2.75) is 29.7 Å².